The Morgan fingerprint density at radius 1 is 1.19 bits per heavy atom. The summed E-state index contributed by atoms with van der Waals surface area (Å²) in [5, 5.41) is 5.44. The summed E-state index contributed by atoms with van der Waals surface area (Å²) in [4.78, 5) is 26.4. The predicted octanol–water partition coefficient (Wildman–Crippen LogP) is 1.65. The summed E-state index contributed by atoms with van der Waals surface area (Å²) >= 11 is 0. The topological polar surface area (TPSA) is 79.9 Å². The van der Waals surface area contributed by atoms with E-state index in [-0.39, 0.29) is 24.9 Å². The second-order valence-corrected chi connectivity index (χ2v) is 5.82. The Labute approximate surface area is 151 Å². The molecule has 0 aromatic heterocycles. The summed E-state index contributed by atoms with van der Waals surface area (Å²) in [6, 6.07) is 14.6. The van der Waals surface area contributed by atoms with Gasteiger partial charge in [-0.25, -0.2) is 0 Å². The van der Waals surface area contributed by atoms with Crippen LogP contribution in [-0.4, -0.2) is 45.2 Å². The minimum Gasteiger partial charge on any atom is -0.495 e. The van der Waals surface area contributed by atoms with Crippen LogP contribution in [0.4, 0.5) is 11.4 Å². The Morgan fingerprint density at radius 2 is 1.92 bits per heavy atom. The zero-order valence-corrected chi connectivity index (χ0v) is 14.7. The molecule has 0 spiro atoms. The number of benzene rings is 2. The fourth-order valence-electron chi connectivity index (χ4n) is 2.87. The molecule has 2 aromatic rings. The molecule has 3 rings (SSSR count). The highest BCUT2D eigenvalue weighted by Gasteiger charge is 2.31. The Kier molecular flexibility index (Phi) is 5.26. The van der Waals surface area contributed by atoms with E-state index in [1.807, 2.05) is 35.2 Å². The van der Waals surface area contributed by atoms with E-state index in [2.05, 4.69) is 10.6 Å². The number of likely N-dealkylation sites (N-methyl/N-ethyl adjacent to an activating group) is 1. The quantitative estimate of drug-likeness (QED) is 0.852. The van der Waals surface area contributed by atoms with Gasteiger partial charge in [-0.05, 0) is 24.3 Å². The van der Waals surface area contributed by atoms with Gasteiger partial charge in [0, 0.05) is 7.05 Å². The molecule has 1 unspecified atom stereocenters. The molecule has 1 aliphatic rings. The first-order chi connectivity index (χ1) is 12.6. The number of methoxy groups -OCH3 is 1. The maximum atomic E-state index is 12.6. The predicted molar refractivity (Wildman–Crippen MR) is 98.8 cm³/mol. The van der Waals surface area contributed by atoms with E-state index in [1.54, 1.807) is 32.4 Å². The van der Waals surface area contributed by atoms with E-state index in [0.29, 0.717) is 17.2 Å². The van der Waals surface area contributed by atoms with E-state index < -0.39 is 6.10 Å². The van der Waals surface area contributed by atoms with Crippen LogP contribution in [0.3, 0.4) is 0 Å². The first-order valence-electron chi connectivity index (χ1n) is 8.27. The van der Waals surface area contributed by atoms with Gasteiger partial charge in [0.2, 0.25) is 5.91 Å². The SMILES string of the molecule is CNC(=O)C1CN(CC(=O)Nc2ccccc2OC)c2ccccc2O1. The smallest absolute Gasteiger partial charge is 0.262 e. The van der Waals surface area contributed by atoms with Crippen LogP contribution < -0.4 is 25.0 Å². The van der Waals surface area contributed by atoms with E-state index in [4.69, 9.17) is 9.47 Å². The van der Waals surface area contributed by atoms with Crippen LogP contribution in [0.15, 0.2) is 48.5 Å². The number of carbonyl (C=O) groups excluding carboxylic acids is 2. The molecule has 0 radical (unpaired) electrons. The minimum absolute atomic E-state index is 0.0892. The number of fused-ring (bicyclic) bond motifs is 1. The van der Waals surface area contributed by atoms with Crippen LogP contribution in [0.25, 0.3) is 0 Å². The Morgan fingerprint density at radius 3 is 2.69 bits per heavy atom. The molecule has 0 saturated heterocycles. The van der Waals surface area contributed by atoms with E-state index in [0.717, 1.165) is 5.69 Å². The van der Waals surface area contributed by atoms with Gasteiger partial charge in [-0.2, -0.15) is 0 Å². The van der Waals surface area contributed by atoms with E-state index >= 15 is 0 Å². The summed E-state index contributed by atoms with van der Waals surface area (Å²) in [6.07, 6.45) is -0.672. The third-order valence-electron chi connectivity index (χ3n) is 4.12. The number of amides is 2. The molecule has 0 saturated carbocycles. The summed E-state index contributed by atoms with van der Waals surface area (Å²) in [5.74, 6) is 0.736. The standard InChI is InChI=1S/C19H21N3O4/c1-20-19(24)17-11-22(14-8-4-6-10-16(14)26-17)12-18(23)21-13-7-3-5-9-15(13)25-2/h3-10,17H,11-12H2,1-2H3,(H,20,24)(H,21,23). The third kappa shape index (κ3) is 3.72. The first-order valence-corrected chi connectivity index (χ1v) is 8.27. The first kappa shape index (κ1) is 17.6. The number of hydrogen-bond donors (Lipinski definition) is 2. The molecule has 2 aromatic carbocycles. The number of anilines is 2. The zero-order chi connectivity index (χ0) is 18.5. The summed E-state index contributed by atoms with van der Waals surface area (Å²) in [5.41, 5.74) is 1.38. The van der Waals surface area contributed by atoms with Crippen molar-refractivity contribution in [2.75, 3.05) is 37.5 Å². The number of rotatable bonds is 5. The van der Waals surface area contributed by atoms with Crippen LogP contribution in [0, 0.1) is 0 Å². The minimum atomic E-state index is -0.672. The highest BCUT2D eigenvalue weighted by molar-refractivity contribution is 5.96. The van der Waals surface area contributed by atoms with Gasteiger partial charge in [0.15, 0.2) is 6.10 Å². The average Bonchev–Trinajstić information content (AvgIpc) is 2.67. The monoisotopic (exact) mass is 355 g/mol. The molecule has 7 nitrogen and oxygen atoms in total. The molecule has 0 fully saturated rings. The van der Waals surface area contributed by atoms with Crippen molar-refractivity contribution in [3.8, 4) is 11.5 Å². The Hall–Kier alpha value is -3.22. The van der Waals surface area contributed by atoms with Crippen molar-refractivity contribution in [2.45, 2.75) is 6.10 Å². The van der Waals surface area contributed by atoms with E-state index in [1.165, 1.54) is 0 Å². The maximum absolute atomic E-state index is 12.6. The molecule has 1 aliphatic heterocycles. The highest BCUT2D eigenvalue weighted by Crippen LogP contribution is 2.33. The molecule has 2 amide bonds. The molecule has 26 heavy (non-hydrogen) atoms. The normalized spacial score (nSPS) is 15.5. The zero-order valence-electron chi connectivity index (χ0n) is 14.7. The molecular weight excluding hydrogens is 334 g/mol. The van der Waals surface area contributed by atoms with Gasteiger partial charge in [0.25, 0.3) is 5.91 Å². The second kappa shape index (κ2) is 7.77. The maximum Gasteiger partial charge on any atom is 0.262 e. The fourth-order valence-corrected chi connectivity index (χ4v) is 2.87. The fraction of sp³-hybridized carbons (Fsp3) is 0.263. The van der Waals surface area contributed by atoms with Crippen molar-refractivity contribution in [1.82, 2.24) is 5.32 Å². The van der Waals surface area contributed by atoms with Crippen molar-refractivity contribution < 1.29 is 19.1 Å². The molecule has 2 N–H and O–H groups in total. The number of nitrogens with one attached hydrogen (secondary N) is 2. The third-order valence-corrected chi connectivity index (χ3v) is 4.12. The lowest BCUT2D eigenvalue weighted by atomic mass is 10.1. The van der Waals surface area contributed by atoms with Crippen LogP contribution in [0.2, 0.25) is 0 Å². The van der Waals surface area contributed by atoms with Crippen LogP contribution in [0.5, 0.6) is 11.5 Å². The molecule has 7 heteroatoms. The summed E-state index contributed by atoms with van der Waals surface area (Å²) in [6.45, 7) is 0.377. The van der Waals surface area contributed by atoms with Gasteiger partial charge in [-0.15, -0.1) is 0 Å². The second-order valence-electron chi connectivity index (χ2n) is 5.82. The van der Waals surface area contributed by atoms with Crippen molar-refractivity contribution in [2.24, 2.45) is 0 Å². The lowest BCUT2D eigenvalue weighted by Crippen LogP contribution is -2.50. The molecule has 1 heterocycles. The van der Waals surface area contributed by atoms with Crippen molar-refractivity contribution in [1.29, 1.82) is 0 Å². The largest absolute Gasteiger partial charge is 0.495 e. The van der Waals surface area contributed by atoms with Crippen LogP contribution >= 0.6 is 0 Å². The van der Waals surface area contributed by atoms with Gasteiger partial charge < -0.3 is 25.0 Å². The number of hydrogen-bond acceptors (Lipinski definition) is 5. The summed E-state index contributed by atoms with van der Waals surface area (Å²) in [7, 11) is 3.11. The Bertz CT molecular complexity index is 809. The average molecular weight is 355 g/mol. The molecule has 0 bridgehead atoms. The molecule has 0 aliphatic carbocycles. The molecule has 1 atom stereocenters. The number of nitrogens with zero attached hydrogens (tertiary/aromatic N) is 1. The van der Waals surface area contributed by atoms with Crippen molar-refractivity contribution in [3.63, 3.8) is 0 Å². The van der Waals surface area contributed by atoms with E-state index in [9.17, 15) is 9.59 Å². The van der Waals surface area contributed by atoms with Gasteiger partial charge in [-0.3, -0.25) is 9.59 Å². The van der Waals surface area contributed by atoms with Crippen LogP contribution in [0.1, 0.15) is 0 Å². The molecule has 136 valence electrons. The van der Waals surface area contributed by atoms with Crippen molar-refractivity contribution in [3.05, 3.63) is 48.5 Å². The number of carbonyl (C=O) groups is 2. The highest BCUT2D eigenvalue weighted by atomic mass is 16.5. The van der Waals surface area contributed by atoms with Gasteiger partial charge in [0.05, 0.1) is 31.6 Å². The molecular formula is C19H21N3O4. The number of ether oxygens (including phenoxy) is 2. The summed E-state index contributed by atoms with van der Waals surface area (Å²) < 4.78 is 11.0. The van der Waals surface area contributed by atoms with Gasteiger partial charge in [-0.1, -0.05) is 24.3 Å². The lowest BCUT2D eigenvalue weighted by Gasteiger charge is -2.35. The Balaban J connectivity index is 1.77. The lowest BCUT2D eigenvalue weighted by molar-refractivity contribution is -0.127. The van der Waals surface area contributed by atoms with Crippen molar-refractivity contribution >= 4 is 23.2 Å². The number of para-hydroxylation sites is 4. The van der Waals surface area contributed by atoms with Crippen LogP contribution in [-0.2, 0) is 9.59 Å². The van der Waals surface area contributed by atoms with Gasteiger partial charge >= 0.3 is 0 Å². The van der Waals surface area contributed by atoms with Gasteiger partial charge in [0.1, 0.15) is 11.5 Å².